The first kappa shape index (κ1) is 21.2. The zero-order chi connectivity index (χ0) is 20.2. The molecule has 8 nitrogen and oxygen atoms in total. The molecule has 8 heteroatoms. The number of aryl methyl sites for hydroxylation is 1. The van der Waals surface area contributed by atoms with Gasteiger partial charge < -0.3 is 15.7 Å². The molecule has 27 heavy (non-hydrogen) atoms. The average molecular weight is 380 g/mol. The minimum absolute atomic E-state index is 0.248. The van der Waals surface area contributed by atoms with Crippen molar-refractivity contribution >= 4 is 11.9 Å². The van der Waals surface area contributed by atoms with Crippen LogP contribution in [0.2, 0.25) is 0 Å². The smallest absolute Gasteiger partial charge is 0.408 e. The monoisotopic (exact) mass is 379 g/mol. The molecule has 0 aliphatic carbocycles. The highest BCUT2D eigenvalue weighted by Crippen LogP contribution is 2.34. The third-order valence-corrected chi connectivity index (χ3v) is 5.35. The SMILES string of the molecule is CC(C)(C)N(C(=O)O)C1(C)CCN(CCCCn2ccc(N)nc2=O)CC1. The van der Waals surface area contributed by atoms with Crippen LogP contribution in [0, 0.1) is 0 Å². The molecule has 0 unspecified atom stereocenters. The zero-order valence-electron chi connectivity index (χ0n) is 16.9. The van der Waals surface area contributed by atoms with Crippen molar-refractivity contribution in [1.82, 2.24) is 19.4 Å². The van der Waals surface area contributed by atoms with E-state index in [1.807, 2.05) is 20.8 Å². The molecule has 152 valence electrons. The summed E-state index contributed by atoms with van der Waals surface area (Å²) in [5.74, 6) is 0.248. The van der Waals surface area contributed by atoms with Crippen LogP contribution in [0.25, 0.3) is 0 Å². The van der Waals surface area contributed by atoms with Crippen molar-refractivity contribution in [3.8, 4) is 0 Å². The summed E-state index contributed by atoms with van der Waals surface area (Å²) in [7, 11) is 0. The fraction of sp³-hybridized carbons (Fsp3) is 0.737. The molecule has 1 aliphatic rings. The summed E-state index contributed by atoms with van der Waals surface area (Å²) in [6.45, 7) is 11.3. The lowest BCUT2D eigenvalue weighted by Crippen LogP contribution is -2.61. The van der Waals surface area contributed by atoms with Gasteiger partial charge >= 0.3 is 11.8 Å². The van der Waals surface area contributed by atoms with Gasteiger partial charge in [0.2, 0.25) is 0 Å². The standard InChI is InChI=1S/C19H33N5O3/c1-18(2,3)24(17(26)27)19(4)8-13-22(14-9-19)10-5-6-11-23-12-7-15(20)21-16(23)25/h7,12H,5-6,8-11,13-14H2,1-4H3,(H,26,27)(H2,20,21,25). The van der Waals surface area contributed by atoms with Gasteiger partial charge in [0.15, 0.2) is 0 Å². The Kier molecular flexibility index (Phi) is 6.51. The number of carbonyl (C=O) groups is 1. The van der Waals surface area contributed by atoms with Crippen molar-refractivity contribution in [2.75, 3.05) is 25.4 Å². The molecule has 0 atom stereocenters. The Labute approximate surface area is 161 Å². The predicted octanol–water partition coefficient (Wildman–Crippen LogP) is 2.24. The van der Waals surface area contributed by atoms with Crippen LogP contribution in [0.4, 0.5) is 10.6 Å². The van der Waals surface area contributed by atoms with E-state index in [0.717, 1.165) is 45.3 Å². The van der Waals surface area contributed by atoms with E-state index in [1.165, 1.54) is 0 Å². The maximum absolute atomic E-state index is 11.8. The van der Waals surface area contributed by atoms with Crippen LogP contribution < -0.4 is 11.4 Å². The van der Waals surface area contributed by atoms with Crippen molar-refractivity contribution in [3.63, 3.8) is 0 Å². The summed E-state index contributed by atoms with van der Waals surface area (Å²) in [6, 6.07) is 1.64. The van der Waals surface area contributed by atoms with E-state index in [9.17, 15) is 14.7 Å². The molecule has 3 N–H and O–H groups in total. The number of amides is 1. The molecule has 0 spiro atoms. The minimum atomic E-state index is -0.846. The lowest BCUT2D eigenvalue weighted by molar-refractivity contribution is -0.0108. The number of hydrogen-bond acceptors (Lipinski definition) is 5. The number of aromatic nitrogens is 2. The largest absolute Gasteiger partial charge is 0.465 e. The molecule has 2 rings (SSSR count). The molecule has 1 saturated heterocycles. The van der Waals surface area contributed by atoms with E-state index >= 15 is 0 Å². The third-order valence-electron chi connectivity index (χ3n) is 5.35. The maximum atomic E-state index is 11.8. The van der Waals surface area contributed by atoms with Gasteiger partial charge in [0.25, 0.3) is 0 Å². The molecule has 0 saturated carbocycles. The van der Waals surface area contributed by atoms with Crippen LogP contribution in [0.15, 0.2) is 17.1 Å². The van der Waals surface area contributed by atoms with Crippen molar-refractivity contribution < 1.29 is 9.90 Å². The van der Waals surface area contributed by atoms with Crippen LogP contribution in [0.5, 0.6) is 0 Å². The van der Waals surface area contributed by atoms with Crippen LogP contribution in [-0.4, -0.2) is 61.3 Å². The number of nitrogens with two attached hydrogens (primary N) is 1. The van der Waals surface area contributed by atoms with Crippen LogP contribution in [0.3, 0.4) is 0 Å². The number of likely N-dealkylation sites (tertiary alicyclic amines) is 1. The van der Waals surface area contributed by atoms with Crippen LogP contribution in [0.1, 0.15) is 53.4 Å². The highest BCUT2D eigenvalue weighted by molar-refractivity contribution is 5.67. The Balaban J connectivity index is 1.80. The Bertz CT molecular complexity index is 702. The van der Waals surface area contributed by atoms with Gasteiger partial charge in [0, 0.05) is 36.9 Å². The number of rotatable bonds is 6. The van der Waals surface area contributed by atoms with Gasteiger partial charge in [0.1, 0.15) is 5.82 Å². The highest BCUT2D eigenvalue weighted by Gasteiger charge is 2.43. The third kappa shape index (κ3) is 5.45. The number of nitrogens with zero attached hydrogens (tertiary/aromatic N) is 4. The van der Waals surface area contributed by atoms with E-state index in [0.29, 0.717) is 6.54 Å². The van der Waals surface area contributed by atoms with Gasteiger partial charge in [-0.05, 0) is 66.0 Å². The van der Waals surface area contributed by atoms with Gasteiger partial charge in [0.05, 0.1) is 0 Å². The first-order valence-corrected chi connectivity index (χ1v) is 9.61. The quantitative estimate of drug-likeness (QED) is 0.735. The molecule has 1 aromatic heterocycles. The summed E-state index contributed by atoms with van der Waals surface area (Å²) >= 11 is 0. The number of hydrogen-bond donors (Lipinski definition) is 2. The molecule has 2 heterocycles. The molecule has 1 fully saturated rings. The van der Waals surface area contributed by atoms with Crippen molar-refractivity contribution in [2.24, 2.45) is 0 Å². The Hall–Kier alpha value is -2.09. The number of carboxylic acid groups (broad SMARTS) is 1. The Morgan fingerprint density at radius 1 is 1.30 bits per heavy atom. The first-order chi connectivity index (χ1) is 12.5. The van der Waals surface area contributed by atoms with E-state index < -0.39 is 11.6 Å². The number of piperidine rings is 1. The van der Waals surface area contributed by atoms with E-state index in [-0.39, 0.29) is 17.0 Å². The average Bonchev–Trinajstić information content (AvgIpc) is 2.53. The topological polar surface area (TPSA) is 105 Å². The summed E-state index contributed by atoms with van der Waals surface area (Å²) in [5, 5.41) is 9.68. The molecule has 1 aromatic rings. The second-order valence-electron chi connectivity index (χ2n) is 8.66. The van der Waals surface area contributed by atoms with Gasteiger partial charge in [-0.2, -0.15) is 4.98 Å². The number of anilines is 1. The first-order valence-electron chi connectivity index (χ1n) is 9.61. The zero-order valence-corrected chi connectivity index (χ0v) is 16.9. The second kappa shape index (κ2) is 8.29. The minimum Gasteiger partial charge on any atom is -0.465 e. The van der Waals surface area contributed by atoms with Crippen molar-refractivity contribution in [1.29, 1.82) is 0 Å². The summed E-state index contributed by atoms with van der Waals surface area (Å²) in [4.78, 5) is 31.3. The Morgan fingerprint density at radius 3 is 2.41 bits per heavy atom. The van der Waals surface area contributed by atoms with Crippen molar-refractivity contribution in [2.45, 2.75) is 71.0 Å². The fourth-order valence-corrected chi connectivity index (χ4v) is 4.04. The molecule has 0 aromatic carbocycles. The molecule has 1 amide bonds. The van der Waals surface area contributed by atoms with Gasteiger partial charge in [-0.15, -0.1) is 0 Å². The lowest BCUT2D eigenvalue weighted by Gasteiger charge is -2.51. The van der Waals surface area contributed by atoms with Crippen molar-refractivity contribution in [3.05, 3.63) is 22.7 Å². The van der Waals surface area contributed by atoms with Gasteiger partial charge in [-0.1, -0.05) is 0 Å². The molecule has 1 aliphatic heterocycles. The summed E-state index contributed by atoms with van der Waals surface area (Å²) in [5.41, 5.74) is 4.45. The molecular weight excluding hydrogens is 346 g/mol. The van der Waals surface area contributed by atoms with Crippen LogP contribution in [-0.2, 0) is 6.54 Å². The number of nitrogen functional groups attached to an aromatic ring is 1. The molecule has 0 radical (unpaired) electrons. The molecular formula is C19H33N5O3. The normalized spacial score (nSPS) is 17.6. The predicted molar refractivity (Wildman–Crippen MR) is 106 cm³/mol. The van der Waals surface area contributed by atoms with Gasteiger partial charge in [-0.25, -0.2) is 9.59 Å². The highest BCUT2D eigenvalue weighted by atomic mass is 16.4. The van der Waals surface area contributed by atoms with E-state index in [4.69, 9.17) is 5.73 Å². The summed E-state index contributed by atoms with van der Waals surface area (Å²) < 4.78 is 1.58. The van der Waals surface area contributed by atoms with Crippen LogP contribution >= 0.6 is 0 Å². The lowest BCUT2D eigenvalue weighted by atomic mass is 9.84. The van der Waals surface area contributed by atoms with E-state index in [2.05, 4.69) is 16.8 Å². The van der Waals surface area contributed by atoms with Gasteiger partial charge in [-0.3, -0.25) is 9.47 Å². The van der Waals surface area contributed by atoms with E-state index in [1.54, 1.807) is 21.7 Å². The molecule has 0 bridgehead atoms. The Morgan fingerprint density at radius 2 is 1.89 bits per heavy atom. The summed E-state index contributed by atoms with van der Waals surface area (Å²) in [6.07, 6.45) is 4.37. The fourth-order valence-electron chi connectivity index (χ4n) is 4.04. The maximum Gasteiger partial charge on any atom is 0.408 e. The number of unbranched alkanes of at least 4 members (excludes halogenated alkanes) is 1. The second-order valence-corrected chi connectivity index (χ2v) is 8.66.